The van der Waals surface area contributed by atoms with Crippen LogP contribution in [0.2, 0.25) is 0 Å². The maximum absolute atomic E-state index is 11.9. The Bertz CT molecular complexity index is 410. The zero-order valence-corrected chi connectivity index (χ0v) is 12.0. The van der Waals surface area contributed by atoms with Gasteiger partial charge in [0.05, 0.1) is 10.0 Å². The molecule has 0 saturated carbocycles. The minimum atomic E-state index is -0.133. The number of halogens is 1. The fourth-order valence-electron chi connectivity index (χ4n) is 1.56. The highest BCUT2D eigenvalue weighted by Crippen LogP contribution is 2.23. The summed E-state index contributed by atoms with van der Waals surface area (Å²) in [4.78, 5) is 11.9. The zero-order chi connectivity index (χ0) is 13.5. The molecule has 0 aliphatic carbocycles. The largest absolute Gasteiger partial charge is 0.398 e. The van der Waals surface area contributed by atoms with Crippen LogP contribution in [0.25, 0.3) is 0 Å². The second kappa shape index (κ2) is 7.38. The van der Waals surface area contributed by atoms with E-state index in [2.05, 4.69) is 21.2 Å². The maximum Gasteiger partial charge on any atom is 0.252 e. The minimum Gasteiger partial charge on any atom is -0.398 e. The van der Waals surface area contributed by atoms with Gasteiger partial charge in [0.15, 0.2) is 0 Å². The molecule has 0 aromatic heterocycles. The quantitative estimate of drug-likeness (QED) is 0.556. The number of aliphatic hydroxyl groups is 1. The molecule has 0 spiro atoms. The van der Waals surface area contributed by atoms with Crippen molar-refractivity contribution < 1.29 is 9.90 Å². The number of carbonyl (C=O) groups is 1. The fraction of sp³-hybridized carbons (Fsp3) is 0.462. The predicted octanol–water partition coefficient (Wildman–Crippen LogP) is 2.17. The standard InChI is InChI=1S/C13H19BrN2O2/c1-9(8-17)4-3-7-16-13(18)10-5-2-6-11(15)12(10)14/h2,5-6,9,17H,3-4,7-8,15H2,1H3,(H,16,18). The van der Waals surface area contributed by atoms with Crippen molar-refractivity contribution in [2.45, 2.75) is 19.8 Å². The summed E-state index contributed by atoms with van der Waals surface area (Å²) < 4.78 is 0.631. The molecule has 1 unspecified atom stereocenters. The maximum atomic E-state index is 11.9. The van der Waals surface area contributed by atoms with Crippen molar-refractivity contribution in [3.05, 3.63) is 28.2 Å². The van der Waals surface area contributed by atoms with Crippen LogP contribution >= 0.6 is 15.9 Å². The topological polar surface area (TPSA) is 75.3 Å². The minimum absolute atomic E-state index is 0.133. The molecule has 4 nitrogen and oxygen atoms in total. The molecule has 0 heterocycles. The van der Waals surface area contributed by atoms with Crippen molar-refractivity contribution >= 4 is 27.5 Å². The Kier molecular flexibility index (Phi) is 6.15. The van der Waals surface area contributed by atoms with E-state index in [0.717, 1.165) is 12.8 Å². The molecule has 1 aromatic carbocycles. The number of anilines is 1. The summed E-state index contributed by atoms with van der Waals surface area (Å²) in [6, 6.07) is 5.22. The SMILES string of the molecule is CC(CO)CCCNC(=O)c1cccc(N)c1Br. The van der Waals surface area contributed by atoms with Crippen LogP contribution in [0.5, 0.6) is 0 Å². The smallest absolute Gasteiger partial charge is 0.252 e. The van der Waals surface area contributed by atoms with Crippen LogP contribution in [0.3, 0.4) is 0 Å². The highest BCUT2D eigenvalue weighted by atomic mass is 79.9. The number of hydrogen-bond donors (Lipinski definition) is 3. The lowest BCUT2D eigenvalue weighted by Gasteiger charge is -2.10. The predicted molar refractivity (Wildman–Crippen MR) is 76.4 cm³/mol. The molecule has 1 amide bonds. The number of nitrogens with one attached hydrogen (secondary N) is 1. The van der Waals surface area contributed by atoms with E-state index in [1.54, 1.807) is 18.2 Å². The van der Waals surface area contributed by atoms with Crippen molar-refractivity contribution in [1.82, 2.24) is 5.32 Å². The number of rotatable bonds is 6. The van der Waals surface area contributed by atoms with Crippen LogP contribution in [-0.2, 0) is 0 Å². The van der Waals surface area contributed by atoms with Crippen molar-refractivity contribution in [2.75, 3.05) is 18.9 Å². The first kappa shape index (κ1) is 15.0. The molecule has 1 rings (SSSR count). The molecule has 100 valence electrons. The molecule has 1 aromatic rings. The first-order valence-electron chi connectivity index (χ1n) is 5.99. The molecule has 0 radical (unpaired) electrons. The van der Waals surface area contributed by atoms with E-state index in [4.69, 9.17) is 10.8 Å². The third-order valence-electron chi connectivity index (χ3n) is 2.74. The van der Waals surface area contributed by atoms with E-state index in [0.29, 0.717) is 22.3 Å². The van der Waals surface area contributed by atoms with Gasteiger partial charge in [0.2, 0.25) is 0 Å². The lowest BCUT2D eigenvalue weighted by Crippen LogP contribution is -2.25. The normalized spacial score (nSPS) is 12.2. The highest BCUT2D eigenvalue weighted by molar-refractivity contribution is 9.10. The number of hydrogen-bond acceptors (Lipinski definition) is 3. The summed E-state index contributed by atoms with van der Waals surface area (Å²) >= 11 is 3.31. The van der Waals surface area contributed by atoms with Crippen LogP contribution in [0.1, 0.15) is 30.1 Å². The summed E-state index contributed by atoms with van der Waals surface area (Å²) in [5, 5.41) is 11.7. The molecular formula is C13H19BrN2O2. The van der Waals surface area contributed by atoms with Crippen molar-refractivity contribution in [3.63, 3.8) is 0 Å². The summed E-state index contributed by atoms with van der Waals surface area (Å²) in [5.41, 5.74) is 6.82. The van der Waals surface area contributed by atoms with Crippen molar-refractivity contribution in [2.24, 2.45) is 5.92 Å². The summed E-state index contributed by atoms with van der Waals surface area (Å²) in [6.45, 7) is 2.77. The number of nitrogens with two attached hydrogens (primary N) is 1. The fourth-order valence-corrected chi connectivity index (χ4v) is 2.01. The number of benzene rings is 1. The van der Waals surface area contributed by atoms with Crippen LogP contribution in [0.15, 0.2) is 22.7 Å². The van der Waals surface area contributed by atoms with E-state index in [1.165, 1.54) is 0 Å². The lowest BCUT2D eigenvalue weighted by atomic mass is 10.1. The Morgan fingerprint density at radius 3 is 2.94 bits per heavy atom. The average molecular weight is 315 g/mol. The molecule has 0 bridgehead atoms. The van der Waals surface area contributed by atoms with Gasteiger partial charge in [-0.25, -0.2) is 0 Å². The van der Waals surface area contributed by atoms with Crippen molar-refractivity contribution in [1.29, 1.82) is 0 Å². The third kappa shape index (κ3) is 4.31. The second-order valence-electron chi connectivity index (χ2n) is 4.39. The van der Waals surface area contributed by atoms with Crippen LogP contribution < -0.4 is 11.1 Å². The molecule has 0 aliphatic rings. The third-order valence-corrected chi connectivity index (χ3v) is 3.63. The van der Waals surface area contributed by atoms with Gasteiger partial charge in [-0.15, -0.1) is 0 Å². The molecule has 1 atom stereocenters. The van der Waals surface area contributed by atoms with Crippen LogP contribution in [0.4, 0.5) is 5.69 Å². The Balaban J connectivity index is 2.44. The molecule has 0 saturated heterocycles. The number of nitrogen functional groups attached to an aromatic ring is 1. The van der Waals surface area contributed by atoms with Gasteiger partial charge < -0.3 is 16.2 Å². The Morgan fingerprint density at radius 1 is 1.56 bits per heavy atom. The molecular weight excluding hydrogens is 296 g/mol. The van der Waals surface area contributed by atoms with E-state index in [-0.39, 0.29) is 18.4 Å². The molecule has 4 N–H and O–H groups in total. The van der Waals surface area contributed by atoms with E-state index in [9.17, 15) is 4.79 Å². The Labute approximate surface area is 116 Å². The lowest BCUT2D eigenvalue weighted by molar-refractivity contribution is 0.0951. The molecule has 18 heavy (non-hydrogen) atoms. The zero-order valence-electron chi connectivity index (χ0n) is 10.4. The Hall–Kier alpha value is -1.07. The van der Waals surface area contributed by atoms with Gasteiger partial charge in [0.1, 0.15) is 0 Å². The van der Waals surface area contributed by atoms with Gasteiger partial charge in [-0.1, -0.05) is 13.0 Å². The highest BCUT2D eigenvalue weighted by Gasteiger charge is 2.11. The summed E-state index contributed by atoms with van der Waals surface area (Å²) in [6.07, 6.45) is 1.75. The molecule has 5 heteroatoms. The van der Waals surface area contributed by atoms with Crippen LogP contribution in [0, 0.1) is 5.92 Å². The van der Waals surface area contributed by atoms with Gasteiger partial charge in [0, 0.05) is 18.8 Å². The van der Waals surface area contributed by atoms with Gasteiger partial charge >= 0.3 is 0 Å². The van der Waals surface area contributed by atoms with Gasteiger partial charge in [-0.2, -0.15) is 0 Å². The van der Waals surface area contributed by atoms with Gasteiger partial charge in [-0.3, -0.25) is 4.79 Å². The summed E-state index contributed by atoms with van der Waals surface area (Å²) in [7, 11) is 0. The second-order valence-corrected chi connectivity index (χ2v) is 5.19. The first-order valence-corrected chi connectivity index (χ1v) is 6.78. The van der Waals surface area contributed by atoms with Crippen molar-refractivity contribution in [3.8, 4) is 0 Å². The average Bonchev–Trinajstić information content (AvgIpc) is 2.37. The molecule has 0 aliphatic heterocycles. The summed E-state index contributed by atoms with van der Waals surface area (Å²) in [5.74, 6) is 0.145. The Morgan fingerprint density at radius 2 is 2.28 bits per heavy atom. The van der Waals surface area contributed by atoms with Crippen LogP contribution in [-0.4, -0.2) is 24.2 Å². The van der Waals surface area contributed by atoms with E-state index in [1.807, 2.05) is 6.92 Å². The van der Waals surface area contributed by atoms with E-state index < -0.39 is 0 Å². The number of amides is 1. The first-order chi connectivity index (χ1) is 8.56. The van der Waals surface area contributed by atoms with E-state index >= 15 is 0 Å². The number of carbonyl (C=O) groups excluding carboxylic acids is 1. The number of aliphatic hydroxyl groups excluding tert-OH is 1. The van der Waals surface area contributed by atoms with Gasteiger partial charge in [0.25, 0.3) is 5.91 Å². The monoisotopic (exact) mass is 314 g/mol. The van der Waals surface area contributed by atoms with Gasteiger partial charge in [-0.05, 0) is 46.8 Å². The molecule has 0 fully saturated rings.